The number of rotatable bonds is 8. The van der Waals surface area contributed by atoms with E-state index in [1.54, 1.807) is 0 Å². The third-order valence-electron chi connectivity index (χ3n) is 5.51. The van der Waals surface area contributed by atoms with Crippen LogP contribution in [-0.4, -0.2) is 11.8 Å². The van der Waals surface area contributed by atoms with Gasteiger partial charge in [-0.2, -0.15) is 20.5 Å². The molecule has 7 heteroatoms. The predicted octanol–water partition coefficient (Wildman–Crippen LogP) is 8.27. The number of Topliss-reactive ketones (excluding diaryl/α,β-unsaturated/α-hetero) is 1. The number of hydrogen-bond acceptors (Lipinski definition) is 7. The van der Waals surface area contributed by atoms with Crippen molar-refractivity contribution in [2.75, 3.05) is 10.6 Å². The van der Waals surface area contributed by atoms with Gasteiger partial charge in [-0.1, -0.05) is 36.4 Å². The van der Waals surface area contributed by atoms with Gasteiger partial charge in [-0.3, -0.25) is 4.79 Å². The maximum Gasteiger partial charge on any atom is 0.181 e. The summed E-state index contributed by atoms with van der Waals surface area (Å²) in [6, 6.07) is 34.2. The predicted molar refractivity (Wildman–Crippen MR) is 143 cm³/mol. The number of nitrogens with one attached hydrogen (secondary N) is 2. The Morgan fingerprint density at radius 3 is 1.50 bits per heavy atom. The van der Waals surface area contributed by atoms with Gasteiger partial charge in [0.1, 0.15) is 0 Å². The molecule has 2 N–H and O–H groups in total. The maximum atomic E-state index is 12.5. The molecule has 4 aromatic carbocycles. The van der Waals surface area contributed by atoms with Gasteiger partial charge in [0.25, 0.3) is 0 Å². The molecule has 0 radical (unpaired) electrons. The van der Waals surface area contributed by atoms with Crippen LogP contribution in [0.1, 0.15) is 6.42 Å². The summed E-state index contributed by atoms with van der Waals surface area (Å²) in [6.45, 7) is 0. The second-order valence-corrected chi connectivity index (χ2v) is 8.25. The first kappa shape index (κ1) is 22.9. The van der Waals surface area contributed by atoms with Crippen molar-refractivity contribution in [3.05, 3.63) is 121 Å². The molecule has 4 aromatic rings. The summed E-state index contributed by atoms with van der Waals surface area (Å²) in [6.07, 6.45) is 2.32. The van der Waals surface area contributed by atoms with Crippen molar-refractivity contribution >= 4 is 39.9 Å². The molecule has 0 spiro atoms. The van der Waals surface area contributed by atoms with Crippen LogP contribution in [0.2, 0.25) is 0 Å². The number of hydrogen-bond donors (Lipinski definition) is 2. The summed E-state index contributed by atoms with van der Waals surface area (Å²) in [7, 11) is 0. The van der Waals surface area contributed by atoms with E-state index in [0.29, 0.717) is 12.1 Å². The minimum atomic E-state index is -0.0873. The Labute approximate surface area is 209 Å². The van der Waals surface area contributed by atoms with Crippen molar-refractivity contribution in [3.63, 3.8) is 0 Å². The van der Waals surface area contributed by atoms with E-state index in [-0.39, 0.29) is 11.8 Å². The second-order valence-electron chi connectivity index (χ2n) is 8.25. The Bertz CT molecular complexity index is 1400. The lowest BCUT2D eigenvalue weighted by Gasteiger charge is -2.11. The monoisotopic (exact) mass is 472 g/mol. The van der Waals surface area contributed by atoms with Crippen LogP contribution in [0.5, 0.6) is 0 Å². The molecule has 36 heavy (non-hydrogen) atoms. The average Bonchev–Trinajstić information content (AvgIpc) is 3.27. The second kappa shape index (κ2) is 11.0. The van der Waals surface area contributed by atoms with Gasteiger partial charge in [-0.05, 0) is 78.9 Å². The zero-order valence-electron chi connectivity index (χ0n) is 19.5. The topological polar surface area (TPSA) is 90.6 Å². The van der Waals surface area contributed by atoms with Gasteiger partial charge in [0.15, 0.2) is 5.78 Å². The van der Waals surface area contributed by atoms with Crippen LogP contribution < -0.4 is 10.6 Å². The quantitative estimate of drug-likeness (QED) is 0.253. The highest BCUT2D eigenvalue weighted by atomic mass is 16.1. The first-order valence-corrected chi connectivity index (χ1v) is 11.6. The molecule has 0 saturated heterocycles. The SMILES string of the molecule is O=C1C[C@@H](Nc2ccc(N=Nc3ccccc3)cc2)C=C1Nc1ccc(N=Nc2ccccc2)cc1. The fraction of sp³-hybridized carbons (Fsp3) is 0.0690. The molecule has 0 heterocycles. The molecule has 0 unspecified atom stereocenters. The first-order valence-electron chi connectivity index (χ1n) is 11.6. The number of nitrogens with zero attached hydrogens (tertiary/aromatic N) is 4. The number of carbonyl (C=O) groups is 1. The molecule has 0 aliphatic heterocycles. The van der Waals surface area contributed by atoms with E-state index in [1.807, 2.05) is 115 Å². The van der Waals surface area contributed by atoms with Gasteiger partial charge in [0, 0.05) is 17.8 Å². The van der Waals surface area contributed by atoms with E-state index in [1.165, 1.54) is 0 Å². The fourth-order valence-corrected chi connectivity index (χ4v) is 3.69. The van der Waals surface area contributed by atoms with Gasteiger partial charge >= 0.3 is 0 Å². The molecule has 0 aromatic heterocycles. The van der Waals surface area contributed by atoms with Crippen molar-refractivity contribution in [3.8, 4) is 0 Å². The van der Waals surface area contributed by atoms with Gasteiger partial charge in [-0.25, -0.2) is 0 Å². The van der Waals surface area contributed by atoms with E-state index >= 15 is 0 Å². The van der Waals surface area contributed by atoms with E-state index in [9.17, 15) is 4.79 Å². The van der Waals surface area contributed by atoms with Crippen LogP contribution in [0.25, 0.3) is 0 Å². The van der Waals surface area contributed by atoms with E-state index in [0.717, 1.165) is 34.1 Å². The van der Waals surface area contributed by atoms with E-state index < -0.39 is 0 Å². The van der Waals surface area contributed by atoms with Crippen LogP contribution in [0.15, 0.2) is 141 Å². The molecular weight excluding hydrogens is 448 g/mol. The lowest BCUT2D eigenvalue weighted by Crippen LogP contribution is -2.15. The third kappa shape index (κ3) is 6.15. The minimum Gasteiger partial charge on any atom is -0.378 e. The molecule has 0 saturated carbocycles. The number of ketones is 1. The standard InChI is InChI=1S/C29H24N6O/c36-29-20-27(30-21-11-15-25(16-12-21)34-32-23-7-3-1-4-8-23)19-28(29)31-22-13-17-26(18-14-22)35-33-24-9-5-2-6-10-24/h1-19,27,30-31H,20H2/t27-/m0/s1. The number of allylic oxidation sites excluding steroid dienone is 1. The van der Waals surface area contributed by atoms with Crippen molar-refractivity contribution in [1.29, 1.82) is 0 Å². The number of azo groups is 2. The van der Waals surface area contributed by atoms with Gasteiger partial charge in [-0.15, -0.1) is 0 Å². The Morgan fingerprint density at radius 1 is 0.556 bits per heavy atom. The molecule has 0 bridgehead atoms. The van der Waals surface area contributed by atoms with Gasteiger partial charge < -0.3 is 10.6 Å². The Kier molecular flexibility index (Phi) is 6.99. The lowest BCUT2D eigenvalue weighted by atomic mass is 10.2. The maximum absolute atomic E-state index is 12.5. The lowest BCUT2D eigenvalue weighted by molar-refractivity contribution is -0.114. The minimum absolute atomic E-state index is 0.0635. The van der Waals surface area contributed by atoms with Crippen LogP contribution in [-0.2, 0) is 4.79 Å². The number of carbonyl (C=O) groups excluding carboxylic acids is 1. The molecule has 1 aliphatic rings. The van der Waals surface area contributed by atoms with Crippen LogP contribution in [0, 0.1) is 0 Å². The highest BCUT2D eigenvalue weighted by molar-refractivity contribution is 6.01. The summed E-state index contributed by atoms with van der Waals surface area (Å²) in [5, 5.41) is 23.6. The highest BCUT2D eigenvalue weighted by Gasteiger charge is 2.24. The molecular formula is C29H24N6O. The Hall–Kier alpha value is -4.91. The summed E-state index contributed by atoms with van der Waals surface area (Å²) in [4.78, 5) is 12.5. The molecule has 0 fully saturated rings. The summed E-state index contributed by atoms with van der Waals surface area (Å²) < 4.78 is 0. The van der Waals surface area contributed by atoms with E-state index in [2.05, 4.69) is 31.1 Å². The summed E-state index contributed by atoms with van der Waals surface area (Å²) in [5.74, 6) is 0.0635. The van der Waals surface area contributed by atoms with E-state index in [4.69, 9.17) is 0 Å². The Morgan fingerprint density at radius 2 is 1.00 bits per heavy atom. The van der Waals surface area contributed by atoms with Crippen molar-refractivity contribution < 1.29 is 4.79 Å². The van der Waals surface area contributed by atoms with Gasteiger partial charge in [0.05, 0.1) is 34.5 Å². The number of anilines is 2. The van der Waals surface area contributed by atoms with Crippen LogP contribution in [0.3, 0.4) is 0 Å². The van der Waals surface area contributed by atoms with Crippen molar-refractivity contribution in [2.24, 2.45) is 20.5 Å². The largest absolute Gasteiger partial charge is 0.378 e. The Balaban J connectivity index is 1.17. The zero-order valence-corrected chi connectivity index (χ0v) is 19.5. The van der Waals surface area contributed by atoms with Crippen molar-refractivity contribution in [2.45, 2.75) is 12.5 Å². The molecule has 176 valence electrons. The average molecular weight is 473 g/mol. The van der Waals surface area contributed by atoms with Crippen LogP contribution >= 0.6 is 0 Å². The molecule has 1 atom stereocenters. The normalized spacial score (nSPS) is 15.4. The highest BCUT2D eigenvalue weighted by Crippen LogP contribution is 2.25. The third-order valence-corrected chi connectivity index (χ3v) is 5.51. The fourth-order valence-electron chi connectivity index (χ4n) is 3.69. The molecule has 7 nitrogen and oxygen atoms in total. The summed E-state index contributed by atoms with van der Waals surface area (Å²) in [5.41, 5.74) is 5.42. The molecule has 5 rings (SSSR count). The molecule has 0 amide bonds. The summed E-state index contributed by atoms with van der Waals surface area (Å²) >= 11 is 0. The first-order chi connectivity index (χ1) is 17.7. The molecule has 1 aliphatic carbocycles. The number of benzene rings is 4. The van der Waals surface area contributed by atoms with Gasteiger partial charge in [0.2, 0.25) is 0 Å². The van der Waals surface area contributed by atoms with Crippen LogP contribution in [0.4, 0.5) is 34.1 Å². The smallest absolute Gasteiger partial charge is 0.181 e. The zero-order chi connectivity index (χ0) is 24.6. The van der Waals surface area contributed by atoms with Crippen molar-refractivity contribution in [1.82, 2.24) is 0 Å².